The second-order valence-corrected chi connectivity index (χ2v) is 4.43. The number of benzene rings is 1. The van der Waals surface area contributed by atoms with E-state index in [4.69, 9.17) is 0 Å². The lowest BCUT2D eigenvalue weighted by Crippen LogP contribution is -2.13. The molecule has 0 amide bonds. The summed E-state index contributed by atoms with van der Waals surface area (Å²) in [7, 11) is 0. The lowest BCUT2D eigenvalue weighted by atomic mass is 9.96. The fourth-order valence-electron chi connectivity index (χ4n) is 2.11. The van der Waals surface area contributed by atoms with Gasteiger partial charge < -0.3 is 0 Å². The van der Waals surface area contributed by atoms with Crippen LogP contribution in [0.2, 0.25) is 0 Å². The molecule has 2 aromatic rings. The van der Waals surface area contributed by atoms with Crippen LogP contribution in [0, 0.1) is 5.92 Å². The summed E-state index contributed by atoms with van der Waals surface area (Å²) < 4.78 is 0. The average molecular weight is 227 g/mol. The molecule has 2 rings (SSSR count). The van der Waals surface area contributed by atoms with Crippen molar-refractivity contribution in [1.82, 2.24) is 4.98 Å². The monoisotopic (exact) mass is 227 g/mol. The maximum absolute atomic E-state index is 12.3. The summed E-state index contributed by atoms with van der Waals surface area (Å²) in [4.78, 5) is 16.5. The number of rotatable bonds is 4. The second kappa shape index (κ2) is 5.09. The number of pyridine rings is 1. The van der Waals surface area contributed by atoms with Gasteiger partial charge in [0.25, 0.3) is 0 Å². The van der Waals surface area contributed by atoms with E-state index in [9.17, 15) is 4.79 Å². The third-order valence-corrected chi connectivity index (χ3v) is 3.08. The van der Waals surface area contributed by atoms with Crippen LogP contribution in [-0.2, 0) is 0 Å². The lowest BCUT2D eigenvalue weighted by molar-refractivity contribution is 0.0920. The van der Waals surface area contributed by atoms with Gasteiger partial charge in [-0.25, -0.2) is 0 Å². The van der Waals surface area contributed by atoms with Gasteiger partial charge in [-0.05, 0) is 17.9 Å². The molecule has 0 spiro atoms. The molecule has 1 unspecified atom stereocenters. The van der Waals surface area contributed by atoms with Gasteiger partial charge in [0.05, 0.1) is 0 Å². The summed E-state index contributed by atoms with van der Waals surface area (Å²) in [5.74, 6) is 0.210. The quantitative estimate of drug-likeness (QED) is 0.742. The fraction of sp³-hybridized carbons (Fsp3) is 0.333. The molecule has 0 bridgehead atoms. The minimum absolute atomic E-state index is 0.0540. The van der Waals surface area contributed by atoms with Crippen molar-refractivity contribution >= 4 is 16.6 Å². The van der Waals surface area contributed by atoms with Crippen molar-refractivity contribution in [2.45, 2.75) is 26.7 Å². The first-order valence-corrected chi connectivity index (χ1v) is 6.12. The molecule has 0 fully saturated rings. The Balaban J connectivity index is 2.45. The van der Waals surface area contributed by atoms with Crippen LogP contribution in [0.3, 0.4) is 0 Å². The van der Waals surface area contributed by atoms with Gasteiger partial charge in [0.1, 0.15) is 5.69 Å². The Morgan fingerprint density at radius 3 is 2.82 bits per heavy atom. The number of aromatic nitrogens is 1. The van der Waals surface area contributed by atoms with Gasteiger partial charge in [-0.2, -0.15) is 0 Å². The van der Waals surface area contributed by atoms with Crippen molar-refractivity contribution in [3.63, 3.8) is 0 Å². The summed E-state index contributed by atoms with van der Waals surface area (Å²) in [5.41, 5.74) is 0.615. The van der Waals surface area contributed by atoms with Gasteiger partial charge in [-0.1, -0.05) is 44.5 Å². The predicted octanol–water partition coefficient (Wildman–Crippen LogP) is 3.85. The van der Waals surface area contributed by atoms with Crippen molar-refractivity contribution < 1.29 is 4.79 Å². The van der Waals surface area contributed by atoms with Crippen LogP contribution in [0.5, 0.6) is 0 Å². The first-order chi connectivity index (χ1) is 8.24. The van der Waals surface area contributed by atoms with Crippen molar-refractivity contribution in [3.05, 3.63) is 42.2 Å². The normalized spacial score (nSPS) is 12.6. The standard InChI is InChI=1S/C15H17NO/c1-3-6-11(2)15(17)14-13-8-5-4-7-12(13)9-10-16-14/h4-5,7-11H,3,6H2,1-2H3. The summed E-state index contributed by atoms with van der Waals surface area (Å²) >= 11 is 0. The van der Waals surface area contributed by atoms with E-state index in [0.29, 0.717) is 5.69 Å². The van der Waals surface area contributed by atoms with E-state index in [1.807, 2.05) is 37.3 Å². The van der Waals surface area contributed by atoms with Gasteiger partial charge in [-0.15, -0.1) is 0 Å². The first kappa shape index (κ1) is 11.8. The van der Waals surface area contributed by atoms with Crippen LogP contribution in [0.25, 0.3) is 10.8 Å². The summed E-state index contributed by atoms with van der Waals surface area (Å²) in [6, 6.07) is 9.85. The number of Topliss-reactive ketones (excluding diaryl/α,β-unsaturated/α-hetero) is 1. The minimum Gasteiger partial charge on any atom is -0.292 e. The molecule has 1 aromatic heterocycles. The third-order valence-electron chi connectivity index (χ3n) is 3.08. The molecule has 0 aliphatic rings. The molecule has 0 aliphatic heterocycles. The highest BCUT2D eigenvalue weighted by Crippen LogP contribution is 2.20. The van der Waals surface area contributed by atoms with Crippen molar-refractivity contribution in [2.24, 2.45) is 5.92 Å². The molecule has 1 heterocycles. The highest BCUT2D eigenvalue weighted by atomic mass is 16.1. The Labute approximate surface area is 102 Å². The minimum atomic E-state index is 0.0540. The Morgan fingerprint density at radius 1 is 1.29 bits per heavy atom. The van der Waals surface area contributed by atoms with Crippen LogP contribution in [-0.4, -0.2) is 10.8 Å². The first-order valence-electron chi connectivity index (χ1n) is 6.12. The van der Waals surface area contributed by atoms with Gasteiger partial charge in [0.2, 0.25) is 0 Å². The Kier molecular flexibility index (Phi) is 3.52. The van der Waals surface area contributed by atoms with E-state index < -0.39 is 0 Å². The molecule has 1 aromatic carbocycles. The zero-order valence-corrected chi connectivity index (χ0v) is 10.3. The van der Waals surface area contributed by atoms with Crippen molar-refractivity contribution in [3.8, 4) is 0 Å². The SMILES string of the molecule is CCCC(C)C(=O)c1nccc2ccccc12. The second-order valence-electron chi connectivity index (χ2n) is 4.43. The zero-order valence-electron chi connectivity index (χ0n) is 10.3. The molecule has 0 aliphatic carbocycles. The van der Waals surface area contributed by atoms with E-state index in [2.05, 4.69) is 11.9 Å². The highest BCUT2D eigenvalue weighted by Gasteiger charge is 2.17. The molecule has 0 saturated heterocycles. The van der Waals surface area contributed by atoms with Crippen LogP contribution >= 0.6 is 0 Å². The number of fused-ring (bicyclic) bond motifs is 1. The highest BCUT2D eigenvalue weighted by molar-refractivity contribution is 6.07. The molecular weight excluding hydrogens is 210 g/mol. The zero-order chi connectivity index (χ0) is 12.3. The fourth-order valence-corrected chi connectivity index (χ4v) is 2.11. The van der Waals surface area contributed by atoms with Gasteiger partial charge in [0.15, 0.2) is 5.78 Å². The number of nitrogens with zero attached hydrogens (tertiary/aromatic N) is 1. The van der Waals surface area contributed by atoms with E-state index in [-0.39, 0.29) is 11.7 Å². The molecule has 0 N–H and O–H groups in total. The molecule has 1 atom stereocenters. The van der Waals surface area contributed by atoms with Crippen LogP contribution < -0.4 is 0 Å². The van der Waals surface area contributed by atoms with E-state index in [0.717, 1.165) is 23.6 Å². The average Bonchev–Trinajstić information content (AvgIpc) is 2.37. The molecule has 0 radical (unpaired) electrons. The third kappa shape index (κ3) is 2.36. The van der Waals surface area contributed by atoms with E-state index in [1.54, 1.807) is 6.20 Å². The molecular formula is C15H17NO. The topological polar surface area (TPSA) is 30.0 Å². The summed E-state index contributed by atoms with van der Waals surface area (Å²) in [6.45, 7) is 4.08. The molecule has 2 nitrogen and oxygen atoms in total. The van der Waals surface area contributed by atoms with E-state index >= 15 is 0 Å². The molecule has 88 valence electrons. The Hall–Kier alpha value is -1.70. The lowest BCUT2D eigenvalue weighted by Gasteiger charge is -2.10. The van der Waals surface area contributed by atoms with Gasteiger partial charge >= 0.3 is 0 Å². The van der Waals surface area contributed by atoms with Crippen molar-refractivity contribution in [2.75, 3.05) is 0 Å². The van der Waals surface area contributed by atoms with Crippen LogP contribution in [0.15, 0.2) is 36.5 Å². The van der Waals surface area contributed by atoms with Gasteiger partial charge in [-0.3, -0.25) is 9.78 Å². The number of carbonyl (C=O) groups is 1. The number of carbonyl (C=O) groups excluding carboxylic acids is 1. The maximum Gasteiger partial charge on any atom is 0.184 e. The maximum atomic E-state index is 12.3. The van der Waals surface area contributed by atoms with Crippen LogP contribution in [0.4, 0.5) is 0 Å². The summed E-state index contributed by atoms with van der Waals surface area (Å²) in [6.07, 6.45) is 3.66. The molecule has 2 heteroatoms. The van der Waals surface area contributed by atoms with Gasteiger partial charge in [0, 0.05) is 17.5 Å². The predicted molar refractivity (Wildman–Crippen MR) is 70.1 cm³/mol. The number of ketones is 1. The van der Waals surface area contributed by atoms with E-state index in [1.165, 1.54) is 0 Å². The Bertz CT molecular complexity index is 528. The summed E-state index contributed by atoms with van der Waals surface area (Å²) in [5, 5.41) is 2.04. The largest absolute Gasteiger partial charge is 0.292 e. The smallest absolute Gasteiger partial charge is 0.184 e. The number of hydrogen-bond donors (Lipinski definition) is 0. The van der Waals surface area contributed by atoms with Crippen LogP contribution in [0.1, 0.15) is 37.2 Å². The Morgan fingerprint density at radius 2 is 2.06 bits per heavy atom. The molecule has 0 saturated carbocycles. The van der Waals surface area contributed by atoms with Crippen molar-refractivity contribution in [1.29, 1.82) is 0 Å². The number of hydrogen-bond acceptors (Lipinski definition) is 2. The molecule has 17 heavy (non-hydrogen) atoms.